The van der Waals surface area contributed by atoms with Crippen molar-refractivity contribution in [2.75, 3.05) is 35.5 Å². The van der Waals surface area contributed by atoms with E-state index in [1.807, 2.05) is 17.2 Å². The Labute approximate surface area is 195 Å². The number of nitrogens with one attached hydrogen (secondary N) is 2. The zero-order valence-corrected chi connectivity index (χ0v) is 20.2. The molecule has 33 heavy (non-hydrogen) atoms. The first kappa shape index (κ1) is 23.1. The van der Waals surface area contributed by atoms with Crippen LogP contribution < -0.4 is 9.62 Å². The molecule has 0 unspecified atom stereocenters. The van der Waals surface area contributed by atoms with Gasteiger partial charge in [0.25, 0.3) is 5.91 Å². The molecule has 176 valence electrons. The van der Waals surface area contributed by atoms with Crippen LogP contribution in [0.4, 0.5) is 11.5 Å². The van der Waals surface area contributed by atoms with Crippen LogP contribution >= 0.6 is 0 Å². The number of carbonyl (C=O) groups excluding carboxylic acids is 1. The summed E-state index contributed by atoms with van der Waals surface area (Å²) in [6.07, 6.45) is 7.36. The number of likely N-dealkylation sites (tertiary alicyclic amines) is 1. The highest BCUT2D eigenvalue weighted by atomic mass is 32.2. The SMILES string of the molecule is CCc1cccnc1N(CC)C1CCN(C(=O)c2c[nH]c3ccc(NS(C)(=O)=O)cc23)CC1. The molecule has 0 radical (unpaired) electrons. The van der Waals surface area contributed by atoms with Gasteiger partial charge in [0.05, 0.1) is 11.8 Å². The Morgan fingerprint density at radius 1 is 1.24 bits per heavy atom. The number of hydrogen-bond donors (Lipinski definition) is 2. The maximum atomic E-state index is 13.3. The number of aryl methyl sites for hydroxylation is 1. The number of amides is 1. The number of benzene rings is 1. The van der Waals surface area contributed by atoms with Gasteiger partial charge in [-0.05, 0) is 56.0 Å². The average Bonchev–Trinajstić information content (AvgIpc) is 3.22. The minimum absolute atomic E-state index is 0.0358. The number of pyridine rings is 1. The number of fused-ring (bicyclic) bond motifs is 1. The summed E-state index contributed by atoms with van der Waals surface area (Å²) < 4.78 is 25.7. The van der Waals surface area contributed by atoms with Crippen LogP contribution in [0, 0.1) is 0 Å². The molecule has 2 N–H and O–H groups in total. The van der Waals surface area contributed by atoms with Crippen LogP contribution in [0.3, 0.4) is 0 Å². The Morgan fingerprint density at radius 2 is 2.00 bits per heavy atom. The van der Waals surface area contributed by atoms with Crippen LogP contribution in [0.1, 0.15) is 42.6 Å². The Kier molecular flexibility index (Phi) is 6.60. The largest absolute Gasteiger partial charge is 0.360 e. The molecule has 0 aliphatic carbocycles. The lowest BCUT2D eigenvalue weighted by Gasteiger charge is -2.39. The molecular weight excluding hydrogens is 438 g/mol. The lowest BCUT2D eigenvalue weighted by Crippen LogP contribution is -2.47. The van der Waals surface area contributed by atoms with Crippen LogP contribution in [0.5, 0.6) is 0 Å². The van der Waals surface area contributed by atoms with Gasteiger partial charge < -0.3 is 14.8 Å². The molecular formula is C24H31N5O3S. The van der Waals surface area contributed by atoms with Crippen LogP contribution in [-0.2, 0) is 16.4 Å². The second-order valence-electron chi connectivity index (χ2n) is 8.49. The van der Waals surface area contributed by atoms with Gasteiger partial charge in [-0.3, -0.25) is 9.52 Å². The lowest BCUT2D eigenvalue weighted by atomic mass is 10.0. The summed E-state index contributed by atoms with van der Waals surface area (Å²) in [6, 6.07) is 9.62. The minimum Gasteiger partial charge on any atom is -0.360 e. The van der Waals surface area contributed by atoms with E-state index in [1.165, 1.54) is 5.56 Å². The van der Waals surface area contributed by atoms with Gasteiger partial charge in [-0.15, -0.1) is 0 Å². The number of piperidine rings is 1. The third-order valence-electron chi connectivity index (χ3n) is 6.27. The highest BCUT2D eigenvalue weighted by Gasteiger charge is 2.29. The second kappa shape index (κ2) is 9.43. The van der Waals surface area contributed by atoms with E-state index < -0.39 is 10.0 Å². The molecule has 3 heterocycles. The number of aromatic nitrogens is 2. The van der Waals surface area contributed by atoms with Crippen molar-refractivity contribution < 1.29 is 13.2 Å². The second-order valence-corrected chi connectivity index (χ2v) is 10.2. The Bertz CT molecular complexity index is 1250. The number of nitrogens with zero attached hydrogens (tertiary/aromatic N) is 3. The predicted octanol–water partition coefficient (Wildman–Crippen LogP) is 3.63. The standard InChI is InChI=1S/C24H31N5O3S/c1-4-17-7-6-12-25-23(17)29(5-2)19-10-13-28(14-11-19)24(30)21-16-26-22-9-8-18(15-20(21)22)27-33(3,31)32/h6-9,12,15-16,19,26-27H,4-5,10-11,13-14H2,1-3H3. The fraction of sp³-hybridized carbons (Fsp3) is 0.417. The van der Waals surface area contributed by atoms with Crippen molar-refractivity contribution in [3.8, 4) is 0 Å². The van der Waals surface area contributed by atoms with E-state index >= 15 is 0 Å². The van der Waals surface area contributed by atoms with Gasteiger partial charge in [-0.25, -0.2) is 13.4 Å². The monoisotopic (exact) mass is 469 g/mol. The molecule has 0 bridgehead atoms. The summed E-state index contributed by atoms with van der Waals surface area (Å²) in [6.45, 7) is 6.51. The number of carbonyl (C=O) groups is 1. The molecule has 1 aliphatic heterocycles. The number of rotatable bonds is 7. The Hall–Kier alpha value is -3.07. The van der Waals surface area contributed by atoms with E-state index in [9.17, 15) is 13.2 Å². The molecule has 3 aromatic rings. The number of H-pyrrole nitrogens is 1. The molecule has 1 saturated heterocycles. The summed E-state index contributed by atoms with van der Waals surface area (Å²) in [7, 11) is -3.39. The average molecular weight is 470 g/mol. The Morgan fingerprint density at radius 3 is 2.67 bits per heavy atom. The van der Waals surface area contributed by atoms with Crippen LogP contribution in [0.25, 0.3) is 10.9 Å². The number of hydrogen-bond acceptors (Lipinski definition) is 5. The molecule has 0 atom stereocenters. The zero-order valence-electron chi connectivity index (χ0n) is 19.3. The third-order valence-corrected chi connectivity index (χ3v) is 6.88. The van der Waals surface area contributed by atoms with E-state index in [1.54, 1.807) is 24.4 Å². The minimum atomic E-state index is -3.39. The van der Waals surface area contributed by atoms with Gasteiger partial charge in [-0.1, -0.05) is 13.0 Å². The van der Waals surface area contributed by atoms with Gasteiger partial charge in [0.15, 0.2) is 0 Å². The molecule has 1 fully saturated rings. The number of sulfonamides is 1. The quantitative estimate of drug-likeness (QED) is 0.551. The molecule has 2 aromatic heterocycles. The fourth-order valence-corrected chi connectivity index (χ4v) is 5.23. The topological polar surface area (TPSA) is 98.4 Å². The van der Waals surface area contributed by atoms with E-state index in [4.69, 9.17) is 0 Å². The van der Waals surface area contributed by atoms with Crippen molar-refractivity contribution in [3.05, 3.63) is 53.9 Å². The van der Waals surface area contributed by atoms with Crippen LogP contribution in [0.2, 0.25) is 0 Å². The summed E-state index contributed by atoms with van der Waals surface area (Å²) in [5.74, 6) is 1.01. The van der Waals surface area contributed by atoms with Crippen molar-refractivity contribution >= 4 is 38.3 Å². The number of aromatic amines is 1. The van der Waals surface area contributed by atoms with Gasteiger partial charge >= 0.3 is 0 Å². The van der Waals surface area contributed by atoms with Crippen LogP contribution in [-0.4, -0.2) is 61.1 Å². The van der Waals surface area contributed by atoms with E-state index in [0.717, 1.165) is 43.4 Å². The molecule has 9 heteroatoms. The molecule has 8 nitrogen and oxygen atoms in total. The van der Waals surface area contributed by atoms with Crippen LogP contribution in [0.15, 0.2) is 42.7 Å². The number of anilines is 2. The smallest absolute Gasteiger partial charge is 0.256 e. The summed E-state index contributed by atoms with van der Waals surface area (Å²) in [4.78, 5) is 25.4. The van der Waals surface area contributed by atoms with E-state index in [-0.39, 0.29) is 5.91 Å². The fourth-order valence-electron chi connectivity index (χ4n) is 4.67. The predicted molar refractivity (Wildman–Crippen MR) is 132 cm³/mol. The maximum absolute atomic E-state index is 13.3. The Balaban J connectivity index is 1.49. The van der Waals surface area contributed by atoms with E-state index in [0.29, 0.717) is 35.8 Å². The van der Waals surface area contributed by atoms with Crippen molar-refractivity contribution in [2.45, 2.75) is 39.2 Å². The molecule has 0 saturated carbocycles. The third kappa shape index (κ3) is 4.98. The van der Waals surface area contributed by atoms with E-state index in [2.05, 4.69) is 39.5 Å². The summed E-state index contributed by atoms with van der Waals surface area (Å²) in [5, 5.41) is 0.715. The molecule has 1 aliphatic rings. The zero-order chi connectivity index (χ0) is 23.6. The van der Waals surface area contributed by atoms with Gasteiger partial charge in [0.1, 0.15) is 5.82 Å². The normalized spacial score (nSPS) is 15.1. The van der Waals surface area contributed by atoms with Gasteiger partial charge in [0, 0.05) is 54.7 Å². The maximum Gasteiger partial charge on any atom is 0.256 e. The first-order chi connectivity index (χ1) is 15.8. The van der Waals surface area contributed by atoms with Crippen molar-refractivity contribution in [1.29, 1.82) is 0 Å². The molecule has 1 aromatic carbocycles. The van der Waals surface area contributed by atoms with Crippen molar-refractivity contribution in [1.82, 2.24) is 14.9 Å². The highest BCUT2D eigenvalue weighted by Crippen LogP contribution is 2.28. The van der Waals surface area contributed by atoms with Gasteiger partial charge in [-0.2, -0.15) is 0 Å². The molecule has 1 amide bonds. The highest BCUT2D eigenvalue weighted by molar-refractivity contribution is 7.92. The molecule has 4 rings (SSSR count). The van der Waals surface area contributed by atoms with Crippen molar-refractivity contribution in [2.24, 2.45) is 0 Å². The lowest BCUT2D eigenvalue weighted by molar-refractivity contribution is 0.0714. The summed E-state index contributed by atoms with van der Waals surface area (Å²) in [5.41, 5.74) is 3.05. The molecule has 0 spiro atoms. The summed E-state index contributed by atoms with van der Waals surface area (Å²) >= 11 is 0. The first-order valence-corrected chi connectivity index (χ1v) is 13.3. The van der Waals surface area contributed by atoms with Crippen molar-refractivity contribution in [3.63, 3.8) is 0 Å². The van der Waals surface area contributed by atoms with Gasteiger partial charge in [0.2, 0.25) is 10.0 Å². The first-order valence-electron chi connectivity index (χ1n) is 11.4.